The molecule has 31 heavy (non-hydrogen) atoms. The number of thiophene rings is 1. The van der Waals surface area contributed by atoms with Gasteiger partial charge in [-0.05, 0) is 36.4 Å². The Kier molecular flexibility index (Phi) is 8.31. The predicted molar refractivity (Wildman–Crippen MR) is 118 cm³/mol. The summed E-state index contributed by atoms with van der Waals surface area (Å²) in [5, 5.41) is 4.39. The molecule has 1 heterocycles. The van der Waals surface area contributed by atoms with Gasteiger partial charge in [0.2, 0.25) is 10.0 Å². The maximum atomic E-state index is 12.6. The maximum absolute atomic E-state index is 12.6. The van der Waals surface area contributed by atoms with Crippen LogP contribution in [-0.4, -0.2) is 50.1 Å². The topological polar surface area (TPSA) is 125 Å². The van der Waals surface area contributed by atoms with Crippen LogP contribution < -0.4 is 16.2 Å². The molecule has 1 aromatic heterocycles. The van der Waals surface area contributed by atoms with E-state index in [0.717, 1.165) is 9.87 Å². The molecule has 0 aliphatic carbocycles. The standard InChI is InChI=1S/C20H26N4O5S2/c1-13(2)18(21-19(26)16-6-5-11-30-16)20(27)23-22-17(25)12-24(4)31(28,29)15-9-7-14(3)8-10-15/h5-11,13,18H,12H2,1-4H3,(H,21,26)(H,22,25)(H,23,27). The van der Waals surface area contributed by atoms with Crippen molar-refractivity contribution in [3.8, 4) is 0 Å². The number of likely N-dealkylation sites (N-methyl/N-ethyl adjacent to an activating group) is 1. The molecule has 0 spiro atoms. The molecule has 1 aromatic carbocycles. The Bertz CT molecular complexity index is 1020. The quantitative estimate of drug-likeness (QED) is 0.506. The second-order valence-electron chi connectivity index (χ2n) is 7.28. The average molecular weight is 467 g/mol. The van der Waals surface area contributed by atoms with Gasteiger partial charge in [-0.2, -0.15) is 4.31 Å². The Balaban J connectivity index is 1.93. The number of rotatable bonds is 8. The first-order chi connectivity index (χ1) is 14.5. The summed E-state index contributed by atoms with van der Waals surface area (Å²) < 4.78 is 26.0. The Morgan fingerprint density at radius 2 is 1.71 bits per heavy atom. The van der Waals surface area contributed by atoms with Crippen LogP contribution in [0.3, 0.4) is 0 Å². The molecule has 0 saturated heterocycles. The summed E-state index contributed by atoms with van der Waals surface area (Å²) in [6, 6.07) is 8.74. The molecule has 0 fully saturated rings. The van der Waals surface area contributed by atoms with Crippen LogP contribution in [0.2, 0.25) is 0 Å². The lowest BCUT2D eigenvalue weighted by Crippen LogP contribution is -2.55. The van der Waals surface area contributed by atoms with Crippen molar-refractivity contribution >= 4 is 39.1 Å². The van der Waals surface area contributed by atoms with Crippen molar-refractivity contribution in [2.24, 2.45) is 5.92 Å². The van der Waals surface area contributed by atoms with Gasteiger partial charge in [-0.15, -0.1) is 11.3 Å². The van der Waals surface area contributed by atoms with Crippen molar-refractivity contribution in [2.75, 3.05) is 13.6 Å². The summed E-state index contributed by atoms with van der Waals surface area (Å²) in [5.74, 6) is -1.97. The van der Waals surface area contributed by atoms with Crippen molar-refractivity contribution < 1.29 is 22.8 Å². The Hall–Kier alpha value is -2.76. The molecule has 3 amide bonds. The molecule has 9 nitrogen and oxygen atoms in total. The highest BCUT2D eigenvalue weighted by Crippen LogP contribution is 2.14. The Morgan fingerprint density at radius 1 is 1.06 bits per heavy atom. The zero-order chi connectivity index (χ0) is 23.2. The summed E-state index contributed by atoms with van der Waals surface area (Å²) >= 11 is 1.25. The van der Waals surface area contributed by atoms with E-state index in [0.29, 0.717) is 4.88 Å². The van der Waals surface area contributed by atoms with Crippen LogP contribution in [0, 0.1) is 12.8 Å². The zero-order valence-corrected chi connectivity index (χ0v) is 19.3. The molecule has 0 aliphatic rings. The number of carbonyl (C=O) groups is 3. The highest BCUT2D eigenvalue weighted by Gasteiger charge is 2.26. The van der Waals surface area contributed by atoms with Gasteiger partial charge < -0.3 is 5.32 Å². The molecule has 0 saturated carbocycles. The van der Waals surface area contributed by atoms with E-state index < -0.39 is 34.4 Å². The molecule has 11 heteroatoms. The molecular formula is C20H26N4O5S2. The summed E-state index contributed by atoms with van der Waals surface area (Å²) in [5.41, 5.74) is 5.35. The van der Waals surface area contributed by atoms with E-state index in [9.17, 15) is 22.8 Å². The lowest BCUT2D eigenvalue weighted by atomic mass is 10.0. The minimum atomic E-state index is -3.86. The van der Waals surface area contributed by atoms with Gasteiger partial charge in [0.15, 0.2) is 0 Å². The number of hydrazine groups is 1. The number of hydrogen-bond donors (Lipinski definition) is 3. The predicted octanol–water partition coefficient (Wildman–Crippen LogP) is 1.28. The number of carbonyl (C=O) groups excluding carboxylic acids is 3. The molecule has 168 valence electrons. The molecule has 0 aliphatic heterocycles. The van der Waals surface area contributed by atoms with Crippen molar-refractivity contribution in [1.29, 1.82) is 0 Å². The van der Waals surface area contributed by atoms with E-state index in [1.807, 2.05) is 6.92 Å². The highest BCUT2D eigenvalue weighted by molar-refractivity contribution is 7.89. The number of sulfonamides is 1. The summed E-state index contributed by atoms with van der Waals surface area (Å²) in [4.78, 5) is 37.4. The van der Waals surface area contributed by atoms with E-state index in [-0.39, 0.29) is 16.7 Å². The number of amides is 3. The van der Waals surface area contributed by atoms with Gasteiger partial charge in [-0.1, -0.05) is 37.6 Å². The molecule has 2 rings (SSSR count). The van der Waals surface area contributed by atoms with Crippen molar-refractivity contribution in [1.82, 2.24) is 20.5 Å². The monoisotopic (exact) mass is 466 g/mol. The van der Waals surface area contributed by atoms with Crippen molar-refractivity contribution in [3.05, 3.63) is 52.2 Å². The summed E-state index contributed by atoms with van der Waals surface area (Å²) in [6.45, 7) is 4.85. The van der Waals surface area contributed by atoms with Gasteiger partial charge in [0.1, 0.15) is 6.04 Å². The number of benzene rings is 1. The second kappa shape index (κ2) is 10.5. The molecule has 3 N–H and O–H groups in total. The molecule has 2 aromatic rings. The van der Waals surface area contributed by atoms with E-state index in [4.69, 9.17) is 0 Å². The fraction of sp³-hybridized carbons (Fsp3) is 0.350. The van der Waals surface area contributed by atoms with Gasteiger partial charge in [0, 0.05) is 7.05 Å². The maximum Gasteiger partial charge on any atom is 0.262 e. The number of hydrogen-bond acceptors (Lipinski definition) is 6. The fourth-order valence-electron chi connectivity index (χ4n) is 2.58. The second-order valence-corrected chi connectivity index (χ2v) is 10.3. The van der Waals surface area contributed by atoms with E-state index in [1.165, 1.54) is 30.5 Å². The van der Waals surface area contributed by atoms with Crippen LogP contribution in [0.5, 0.6) is 0 Å². The van der Waals surface area contributed by atoms with Crippen LogP contribution in [0.25, 0.3) is 0 Å². The van der Waals surface area contributed by atoms with Gasteiger partial charge in [-0.25, -0.2) is 8.42 Å². The third-order valence-electron chi connectivity index (χ3n) is 4.40. The van der Waals surface area contributed by atoms with Gasteiger partial charge in [-0.3, -0.25) is 25.2 Å². The van der Waals surface area contributed by atoms with Gasteiger partial charge >= 0.3 is 0 Å². The molecule has 1 atom stereocenters. The third-order valence-corrected chi connectivity index (χ3v) is 7.09. The highest BCUT2D eigenvalue weighted by atomic mass is 32.2. The van der Waals surface area contributed by atoms with E-state index in [2.05, 4.69) is 16.2 Å². The average Bonchev–Trinajstić information content (AvgIpc) is 3.25. The minimum absolute atomic E-state index is 0.0635. The van der Waals surface area contributed by atoms with Crippen LogP contribution in [0.1, 0.15) is 29.1 Å². The minimum Gasteiger partial charge on any atom is -0.339 e. The molecule has 0 bridgehead atoms. The van der Waals surface area contributed by atoms with Crippen LogP contribution in [-0.2, 0) is 19.6 Å². The zero-order valence-electron chi connectivity index (χ0n) is 17.7. The Morgan fingerprint density at radius 3 is 2.26 bits per heavy atom. The van der Waals surface area contributed by atoms with E-state index in [1.54, 1.807) is 43.5 Å². The summed E-state index contributed by atoms with van der Waals surface area (Å²) in [6.07, 6.45) is 0. The normalized spacial score (nSPS) is 12.5. The van der Waals surface area contributed by atoms with Crippen LogP contribution in [0.4, 0.5) is 0 Å². The van der Waals surface area contributed by atoms with Crippen molar-refractivity contribution in [3.63, 3.8) is 0 Å². The number of nitrogens with one attached hydrogen (secondary N) is 3. The molecule has 0 radical (unpaired) electrons. The summed E-state index contributed by atoms with van der Waals surface area (Å²) in [7, 11) is -2.58. The number of aryl methyl sites for hydroxylation is 1. The first-order valence-electron chi connectivity index (χ1n) is 9.48. The van der Waals surface area contributed by atoms with Crippen molar-refractivity contribution in [2.45, 2.75) is 31.7 Å². The first kappa shape index (κ1) is 24.5. The fourth-order valence-corrected chi connectivity index (χ4v) is 4.34. The third kappa shape index (κ3) is 6.61. The number of nitrogens with zero attached hydrogens (tertiary/aromatic N) is 1. The SMILES string of the molecule is Cc1ccc(S(=O)(=O)N(C)CC(=O)NNC(=O)C(NC(=O)c2cccs2)C(C)C)cc1. The van der Waals surface area contributed by atoms with E-state index >= 15 is 0 Å². The van der Waals surface area contributed by atoms with Crippen LogP contribution in [0.15, 0.2) is 46.7 Å². The van der Waals surface area contributed by atoms with Crippen LogP contribution >= 0.6 is 11.3 Å². The lowest BCUT2D eigenvalue weighted by Gasteiger charge is -2.22. The van der Waals surface area contributed by atoms with Gasteiger partial charge in [0.05, 0.1) is 16.3 Å². The first-order valence-corrected chi connectivity index (χ1v) is 11.8. The Labute approximate surface area is 185 Å². The van der Waals surface area contributed by atoms with Gasteiger partial charge in [0.25, 0.3) is 17.7 Å². The molecule has 1 unspecified atom stereocenters. The largest absolute Gasteiger partial charge is 0.339 e. The smallest absolute Gasteiger partial charge is 0.262 e. The lowest BCUT2D eigenvalue weighted by molar-refractivity contribution is -0.130. The molecular weight excluding hydrogens is 440 g/mol.